The second-order valence-electron chi connectivity index (χ2n) is 8.41. The molecule has 2 saturated heterocycles. The van der Waals surface area contributed by atoms with Crippen LogP contribution in [0.15, 0.2) is 29.3 Å². The maximum absolute atomic E-state index is 12.3. The Morgan fingerprint density at radius 3 is 2.81 bits per heavy atom. The van der Waals surface area contributed by atoms with Gasteiger partial charge in [-0.1, -0.05) is 25.5 Å². The fraction of sp³-hybridized carbons (Fsp3) is 0.667. The average Bonchev–Trinajstić information content (AvgIpc) is 3.33. The van der Waals surface area contributed by atoms with Gasteiger partial charge in [0.25, 0.3) is 5.91 Å². The predicted octanol–water partition coefficient (Wildman–Crippen LogP) is 3.74. The van der Waals surface area contributed by atoms with Gasteiger partial charge >= 0.3 is 0 Å². The molecule has 0 aliphatic carbocycles. The number of nitrogens with zero attached hydrogens (tertiary/aromatic N) is 2. The van der Waals surface area contributed by atoms with Crippen LogP contribution in [0.2, 0.25) is 0 Å². The van der Waals surface area contributed by atoms with Crippen molar-refractivity contribution in [2.24, 2.45) is 4.99 Å². The maximum atomic E-state index is 12.3. The van der Waals surface area contributed by atoms with Crippen molar-refractivity contribution in [3.05, 3.63) is 29.8 Å². The number of likely N-dealkylation sites (tertiary alicyclic amines) is 1. The van der Waals surface area contributed by atoms with Gasteiger partial charge in [0.2, 0.25) is 0 Å². The first kappa shape index (κ1) is 26.9. The Balaban J connectivity index is 0.00000363. The van der Waals surface area contributed by atoms with E-state index < -0.39 is 0 Å². The molecule has 0 spiro atoms. The summed E-state index contributed by atoms with van der Waals surface area (Å²) in [6.45, 7) is 9.57. The largest absolute Gasteiger partial charge is 0.368 e. The number of halogens is 1. The monoisotopic (exact) mass is 557 g/mol. The number of hydrogen-bond donors (Lipinski definition) is 3. The van der Waals surface area contributed by atoms with E-state index >= 15 is 0 Å². The third kappa shape index (κ3) is 8.51. The van der Waals surface area contributed by atoms with Crippen molar-refractivity contribution in [1.29, 1.82) is 0 Å². The molecular formula is C24H40IN5O2. The summed E-state index contributed by atoms with van der Waals surface area (Å²) in [6.07, 6.45) is 6.65. The summed E-state index contributed by atoms with van der Waals surface area (Å²) in [4.78, 5) is 19.6. The molecule has 3 rings (SSSR count). The summed E-state index contributed by atoms with van der Waals surface area (Å²) in [6, 6.07) is 8.61. The molecule has 0 radical (unpaired) electrons. The van der Waals surface area contributed by atoms with E-state index in [4.69, 9.17) is 9.73 Å². The first-order valence-corrected chi connectivity index (χ1v) is 12.0. The summed E-state index contributed by atoms with van der Waals surface area (Å²) in [5.41, 5.74) is 1.85. The predicted molar refractivity (Wildman–Crippen MR) is 142 cm³/mol. The molecule has 2 aliphatic heterocycles. The molecule has 1 aromatic carbocycles. The topological polar surface area (TPSA) is 78.0 Å². The van der Waals surface area contributed by atoms with Crippen molar-refractivity contribution >= 4 is 41.5 Å². The maximum Gasteiger partial charge on any atom is 0.253 e. The van der Waals surface area contributed by atoms with Gasteiger partial charge in [0.15, 0.2) is 5.96 Å². The summed E-state index contributed by atoms with van der Waals surface area (Å²) in [7, 11) is 0. The van der Waals surface area contributed by atoms with Gasteiger partial charge < -0.3 is 20.7 Å². The molecule has 0 aromatic heterocycles. The molecule has 0 saturated carbocycles. The lowest BCUT2D eigenvalue weighted by Gasteiger charge is -2.35. The minimum atomic E-state index is -0.321. The van der Waals surface area contributed by atoms with Crippen molar-refractivity contribution in [2.75, 3.05) is 38.1 Å². The van der Waals surface area contributed by atoms with Gasteiger partial charge in [0.1, 0.15) is 6.10 Å². The Bertz CT molecular complexity index is 724. The summed E-state index contributed by atoms with van der Waals surface area (Å²) in [5, 5.41) is 9.78. The second kappa shape index (κ2) is 14.7. The van der Waals surface area contributed by atoms with Crippen molar-refractivity contribution < 1.29 is 9.53 Å². The number of rotatable bonds is 9. The highest BCUT2D eigenvalue weighted by Crippen LogP contribution is 2.19. The van der Waals surface area contributed by atoms with Crippen molar-refractivity contribution in [3.8, 4) is 0 Å². The third-order valence-electron chi connectivity index (χ3n) is 6.09. The minimum absolute atomic E-state index is 0. The van der Waals surface area contributed by atoms with Crippen LogP contribution in [0.3, 0.4) is 0 Å². The SMILES string of the molecule is CCNC(=NCc1cccc(NC(=O)C2CCCO2)c1)NCCN1CCCCC1CC.I. The van der Waals surface area contributed by atoms with Gasteiger partial charge in [-0.2, -0.15) is 0 Å². The number of anilines is 1. The molecule has 3 N–H and O–H groups in total. The zero-order chi connectivity index (χ0) is 21.9. The number of guanidine groups is 1. The molecule has 2 unspecified atom stereocenters. The quantitative estimate of drug-likeness (QED) is 0.245. The zero-order valence-corrected chi connectivity index (χ0v) is 21.9. The number of benzene rings is 1. The Hall–Kier alpha value is -1.39. The van der Waals surface area contributed by atoms with E-state index in [-0.39, 0.29) is 36.0 Å². The van der Waals surface area contributed by atoms with Crippen LogP contribution < -0.4 is 16.0 Å². The lowest BCUT2D eigenvalue weighted by Crippen LogP contribution is -2.45. The molecular weight excluding hydrogens is 517 g/mol. The van der Waals surface area contributed by atoms with Gasteiger partial charge in [-0.25, -0.2) is 4.99 Å². The number of carbonyl (C=O) groups excluding carboxylic acids is 1. The Labute approximate surface area is 210 Å². The Kier molecular flexibility index (Phi) is 12.3. The van der Waals surface area contributed by atoms with Crippen LogP contribution in [0.25, 0.3) is 0 Å². The van der Waals surface area contributed by atoms with E-state index in [0.717, 1.165) is 55.7 Å². The zero-order valence-electron chi connectivity index (χ0n) is 19.6. The molecule has 2 atom stereocenters. The van der Waals surface area contributed by atoms with Crippen LogP contribution in [0.4, 0.5) is 5.69 Å². The van der Waals surface area contributed by atoms with Gasteiger partial charge in [-0.05, 0) is 63.3 Å². The number of aliphatic imine (C=N–C) groups is 1. The summed E-state index contributed by atoms with van der Waals surface area (Å²) < 4.78 is 5.46. The molecule has 180 valence electrons. The molecule has 2 heterocycles. The van der Waals surface area contributed by atoms with E-state index in [1.54, 1.807) is 0 Å². The number of ether oxygens (including phenoxy) is 1. The van der Waals surface area contributed by atoms with Crippen LogP contribution in [-0.2, 0) is 16.1 Å². The van der Waals surface area contributed by atoms with Gasteiger partial charge in [0, 0.05) is 38.0 Å². The minimum Gasteiger partial charge on any atom is -0.368 e. The summed E-state index contributed by atoms with van der Waals surface area (Å²) >= 11 is 0. The number of piperidine rings is 1. The van der Waals surface area contributed by atoms with E-state index in [0.29, 0.717) is 13.2 Å². The fourth-order valence-electron chi connectivity index (χ4n) is 4.40. The number of carbonyl (C=O) groups is 1. The highest BCUT2D eigenvalue weighted by molar-refractivity contribution is 14.0. The Morgan fingerprint density at radius 2 is 2.06 bits per heavy atom. The van der Waals surface area contributed by atoms with Crippen LogP contribution in [0.1, 0.15) is 57.9 Å². The third-order valence-corrected chi connectivity index (χ3v) is 6.09. The molecule has 2 aliphatic rings. The van der Waals surface area contributed by atoms with Crippen LogP contribution >= 0.6 is 24.0 Å². The van der Waals surface area contributed by atoms with E-state index in [1.165, 1.54) is 32.2 Å². The normalized spacial score (nSPS) is 21.6. The van der Waals surface area contributed by atoms with Crippen LogP contribution in [0, 0.1) is 0 Å². The van der Waals surface area contributed by atoms with Crippen LogP contribution in [0.5, 0.6) is 0 Å². The molecule has 8 heteroatoms. The lowest BCUT2D eigenvalue weighted by molar-refractivity contribution is -0.124. The molecule has 32 heavy (non-hydrogen) atoms. The van der Waals surface area contributed by atoms with Gasteiger partial charge in [-0.15, -0.1) is 24.0 Å². The van der Waals surface area contributed by atoms with Gasteiger partial charge in [-0.3, -0.25) is 9.69 Å². The smallest absolute Gasteiger partial charge is 0.253 e. The van der Waals surface area contributed by atoms with Crippen LogP contribution in [-0.4, -0.2) is 61.7 Å². The molecule has 7 nitrogen and oxygen atoms in total. The molecule has 1 amide bonds. The summed E-state index contributed by atoms with van der Waals surface area (Å²) in [5.74, 6) is 0.776. The van der Waals surface area contributed by atoms with Crippen molar-refractivity contribution in [3.63, 3.8) is 0 Å². The van der Waals surface area contributed by atoms with E-state index in [1.807, 2.05) is 24.3 Å². The Morgan fingerprint density at radius 1 is 1.19 bits per heavy atom. The molecule has 0 bridgehead atoms. The number of hydrogen-bond acceptors (Lipinski definition) is 4. The molecule has 2 fully saturated rings. The molecule has 1 aromatic rings. The van der Waals surface area contributed by atoms with E-state index in [2.05, 4.69) is 34.7 Å². The van der Waals surface area contributed by atoms with Crippen molar-refractivity contribution in [1.82, 2.24) is 15.5 Å². The highest BCUT2D eigenvalue weighted by atomic mass is 127. The van der Waals surface area contributed by atoms with Crippen molar-refractivity contribution in [2.45, 2.75) is 71.1 Å². The first-order chi connectivity index (χ1) is 15.2. The number of nitrogens with one attached hydrogen (secondary N) is 3. The second-order valence-corrected chi connectivity index (χ2v) is 8.41. The fourth-order valence-corrected chi connectivity index (χ4v) is 4.40. The van der Waals surface area contributed by atoms with E-state index in [9.17, 15) is 4.79 Å². The number of amides is 1. The first-order valence-electron chi connectivity index (χ1n) is 12.0. The average molecular weight is 558 g/mol. The standard InChI is InChI=1S/C24H39N5O2.HI/c1-3-21-11-5-6-14-29(21)15-13-26-24(25-4-2)27-18-19-9-7-10-20(17-19)28-23(30)22-12-8-16-31-22;/h7,9-10,17,21-22H,3-6,8,11-16,18H2,1-2H3,(H,28,30)(H2,25,26,27);1H. The highest BCUT2D eigenvalue weighted by Gasteiger charge is 2.23. The lowest BCUT2D eigenvalue weighted by atomic mass is 10.0. The van der Waals surface area contributed by atoms with Gasteiger partial charge in [0.05, 0.1) is 6.54 Å².